The fraction of sp³-hybridized carbons (Fsp3) is 0.462. The molecule has 0 aromatic carbocycles. The molecule has 0 saturated heterocycles. The summed E-state index contributed by atoms with van der Waals surface area (Å²) in [6, 6.07) is 1.80. The van der Waals surface area contributed by atoms with Gasteiger partial charge in [0.2, 0.25) is 0 Å². The van der Waals surface area contributed by atoms with Crippen molar-refractivity contribution in [1.82, 2.24) is 24.9 Å². The minimum Gasteiger partial charge on any atom is -0.344 e. The molecule has 1 amide bonds. The first kappa shape index (κ1) is 13.3. The van der Waals surface area contributed by atoms with Crippen molar-refractivity contribution in [1.29, 1.82) is 0 Å². The molecule has 6 nitrogen and oxygen atoms in total. The summed E-state index contributed by atoms with van der Waals surface area (Å²) in [5.74, 6) is -0.121. The molecule has 0 aliphatic rings. The van der Waals surface area contributed by atoms with Crippen molar-refractivity contribution in [3.63, 3.8) is 0 Å². The maximum atomic E-state index is 12.1. The molecule has 1 N–H and O–H groups in total. The number of carbonyl (C=O) groups excluding carboxylic acids is 1. The zero-order valence-corrected chi connectivity index (χ0v) is 11.7. The van der Waals surface area contributed by atoms with Crippen LogP contribution in [0.1, 0.15) is 41.6 Å². The minimum absolute atomic E-state index is 0.121. The van der Waals surface area contributed by atoms with Crippen LogP contribution >= 0.6 is 0 Å². The summed E-state index contributed by atoms with van der Waals surface area (Å²) in [5, 5.41) is 11.5. The number of nitrogens with zero attached hydrogens (tertiary/aromatic N) is 4. The summed E-state index contributed by atoms with van der Waals surface area (Å²) in [7, 11) is 1.80. The SMILES string of the molecule is CCn1ccc(C(C)NC(=O)c2cn(C)nc2C)n1. The third-order valence-electron chi connectivity index (χ3n) is 3.03. The number of hydrogen-bond acceptors (Lipinski definition) is 3. The highest BCUT2D eigenvalue weighted by molar-refractivity contribution is 5.95. The van der Waals surface area contributed by atoms with Gasteiger partial charge in [-0.05, 0) is 26.8 Å². The number of hydrogen-bond donors (Lipinski definition) is 1. The van der Waals surface area contributed by atoms with Crippen molar-refractivity contribution >= 4 is 5.91 Å². The van der Waals surface area contributed by atoms with Gasteiger partial charge in [-0.3, -0.25) is 14.2 Å². The first-order chi connectivity index (χ1) is 9.01. The number of amides is 1. The van der Waals surface area contributed by atoms with Gasteiger partial charge in [-0.2, -0.15) is 10.2 Å². The van der Waals surface area contributed by atoms with E-state index in [-0.39, 0.29) is 11.9 Å². The van der Waals surface area contributed by atoms with E-state index in [0.29, 0.717) is 5.56 Å². The van der Waals surface area contributed by atoms with E-state index in [1.807, 2.05) is 37.7 Å². The lowest BCUT2D eigenvalue weighted by atomic mass is 10.2. The second-order valence-corrected chi connectivity index (χ2v) is 4.59. The van der Waals surface area contributed by atoms with Gasteiger partial charge in [-0.15, -0.1) is 0 Å². The molecule has 0 radical (unpaired) electrons. The highest BCUT2D eigenvalue weighted by Gasteiger charge is 2.17. The van der Waals surface area contributed by atoms with E-state index < -0.39 is 0 Å². The van der Waals surface area contributed by atoms with Crippen LogP contribution in [0.4, 0.5) is 0 Å². The number of aromatic nitrogens is 4. The number of rotatable bonds is 4. The number of nitrogens with one attached hydrogen (secondary N) is 1. The monoisotopic (exact) mass is 261 g/mol. The smallest absolute Gasteiger partial charge is 0.255 e. The Hall–Kier alpha value is -2.11. The van der Waals surface area contributed by atoms with Gasteiger partial charge < -0.3 is 5.32 Å². The van der Waals surface area contributed by atoms with Crippen LogP contribution in [0.2, 0.25) is 0 Å². The Morgan fingerprint density at radius 3 is 2.74 bits per heavy atom. The molecule has 0 aliphatic heterocycles. The van der Waals surface area contributed by atoms with Gasteiger partial charge in [-0.25, -0.2) is 0 Å². The second kappa shape index (κ2) is 5.26. The molecular weight excluding hydrogens is 242 g/mol. The summed E-state index contributed by atoms with van der Waals surface area (Å²) in [5.41, 5.74) is 2.19. The minimum atomic E-state index is -0.125. The Balaban J connectivity index is 2.08. The lowest BCUT2D eigenvalue weighted by Gasteiger charge is -2.11. The number of aryl methyl sites for hydroxylation is 3. The highest BCUT2D eigenvalue weighted by Crippen LogP contribution is 2.12. The Morgan fingerprint density at radius 2 is 2.21 bits per heavy atom. The predicted molar refractivity (Wildman–Crippen MR) is 71.7 cm³/mol. The zero-order chi connectivity index (χ0) is 14.0. The van der Waals surface area contributed by atoms with E-state index >= 15 is 0 Å². The molecular formula is C13H19N5O. The van der Waals surface area contributed by atoms with E-state index in [0.717, 1.165) is 17.9 Å². The van der Waals surface area contributed by atoms with E-state index in [2.05, 4.69) is 15.5 Å². The van der Waals surface area contributed by atoms with Crippen molar-refractivity contribution < 1.29 is 4.79 Å². The second-order valence-electron chi connectivity index (χ2n) is 4.59. The van der Waals surface area contributed by atoms with Crippen LogP contribution in [-0.4, -0.2) is 25.5 Å². The predicted octanol–water partition coefficient (Wildman–Crippen LogP) is 1.44. The average Bonchev–Trinajstić information content (AvgIpc) is 2.95. The molecule has 0 bridgehead atoms. The van der Waals surface area contributed by atoms with Crippen LogP contribution in [0, 0.1) is 6.92 Å². The fourth-order valence-corrected chi connectivity index (χ4v) is 1.96. The Bertz CT molecular complexity index is 584. The van der Waals surface area contributed by atoms with Crippen molar-refractivity contribution in [2.75, 3.05) is 0 Å². The maximum Gasteiger partial charge on any atom is 0.255 e. The lowest BCUT2D eigenvalue weighted by molar-refractivity contribution is 0.0938. The van der Waals surface area contributed by atoms with E-state index in [9.17, 15) is 4.79 Å². The van der Waals surface area contributed by atoms with Crippen LogP contribution < -0.4 is 5.32 Å². The summed E-state index contributed by atoms with van der Waals surface area (Å²) >= 11 is 0. The van der Waals surface area contributed by atoms with Crippen LogP contribution in [0.25, 0.3) is 0 Å². The first-order valence-electron chi connectivity index (χ1n) is 6.35. The third-order valence-corrected chi connectivity index (χ3v) is 3.03. The standard InChI is InChI=1S/C13H19N5O/c1-5-18-7-6-12(16-18)10(3)14-13(19)11-8-17(4)15-9(11)2/h6-8,10H,5H2,1-4H3,(H,14,19). The Labute approximate surface area is 112 Å². The van der Waals surface area contributed by atoms with E-state index in [1.54, 1.807) is 17.9 Å². The normalized spacial score (nSPS) is 12.4. The Kier molecular flexibility index (Phi) is 3.69. The summed E-state index contributed by atoms with van der Waals surface area (Å²) in [6.07, 6.45) is 3.63. The molecule has 2 aromatic heterocycles. The largest absolute Gasteiger partial charge is 0.344 e. The van der Waals surface area contributed by atoms with Gasteiger partial charge in [0.05, 0.1) is 23.0 Å². The van der Waals surface area contributed by atoms with Gasteiger partial charge >= 0.3 is 0 Å². The molecule has 0 aliphatic carbocycles. The quantitative estimate of drug-likeness (QED) is 0.905. The number of carbonyl (C=O) groups is 1. The highest BCUT2D eigenvalue weighted by atomic mass is 16.1. The zero-order valence-electron chi connectivity index (χ0n) is 11.7. The van der Waals surface area contributed by atoms with Gasteiger partial charge in [0.25, 0.3) is 5.91 Å². The molecule has 1 atom stereocenters. The molecule has 102 valence electrons. The molecule has 0 fully saturated rings. The summed E-state index contributed by atoms with van der Waals surface area (Å²) < 4.78 is 3.48. The van der Waals surface area contributed by atoms with Gasteiger partial charge in [-0.1, -0.05) is 0 Å². The molecule has 2 aromatic rings. The molecule has 0 saturated carbocycles. The van der Waals surface area contributed by atoms with Crippen molar-refractivity contribution in [3.8, 4) is 0 Å². The molecule has 1 unspecified atom stereocenters. The van der Waals surface area contributed by atoms with Crippen LogP contribution in [-0.2, 0) is 13.6 Å². The first-order valence-corrected chi connectivity index (χ1v) is 6.35. The van der Waals surface area contributed by atoms with E-state index in [4.69, 9.17) is 0 Å². The molecule has 0 spiro atoms. The van der Waals surface area contributed by atoms with Gasteiger partial charge in [0.15, 0.2) is 0 Å². The molecule has 6 heteroatoms. The van der Waals surface area contributed by atoms with Gasteiger partial charge in [0, 0.05) is 26.0 Å². The van der Waals surface area contributed by atoms with Crippen LogP contribution in [0.5, 0.6) is 0 Å². The fourth-order valence-electron chi connectivity index (χ4n) is 1.96. The molecule has 2 heterocycles. The van der Waals surface area contributed by atoms with Crippen molar-refractivity contribution in [2.24, 2.45) is 7.05 Å². The van der Waals surface area contributed by atoms with Gasteiger partial charge in [0.1, 0.15) is 0 Å². The van der Waals surface area contributed by atoms with Crippen LogP contribution in [0.15, 0.2) is 18.5 Å². The maximum absolute atomic E-state index is 12.1. The molecule has 2 rings (SSSR count). The van der Waals surface area contributed by atoms with Crippen molar-refractivity contribution in [3.05, 3.63) is 35.4 Å². The third kappa shape index (κ3) is 2.83. The summed E-state index contributed by atoms with van der Waals surface area (Å²) in [4.78, 5) is 12.1. The summed E-state index contributed by atoms with van der Waals surface area (Å²) in [6.45, 7) is 6.60. The lowest BCUT2D eigenvalue weighted by Crippen LogP contribution is -2.27. The van der Waals surface area contributed by atoms with Crippen molar-refractivity contribution in [2.45, 2.75) is 33.4 Å². The van der Waals surface area contributed by atoms with Crippen LogP contribution in [0.3, 0.4) is 0 Å². The topological polar surface area (TPSA) is 64.7 Å². The van der Waals surface area contributed by atoms with E-state index in [1.165, 1.54) is 0 Å². The Morgan fingerprint density at radius 1 is 1.47 bits per heavy atom. The molecule has 19 heavy (non-hydrogen) atoms. The average molecular weight is 261 g/mol.